The molecule has 4 aromatic rings. The van der Waals surface area contributed by atoms with Gasteiger partial charge in [0.2, 0.25) is 0 Å². The van der Waals surface area contributed by atoms with Gasteiger partial charge < -0.3 is 9.67 Å². The largest absolute Gasteiger partial charge is 0.385 e. The van der Waals surface area contributed by atoms with Crippen LogP contribution in [0.25, 0.3) is 21.8 Å². The molecule has 0 amide bonds. The average Bonchev–Trinajstić information content (AvgIpc) is 2.92. The van der Waals surface area contributed by atoms with E-state index in [1.54, 1.807) is 0 Å². The van der Waals surface area contributed by atoms with Crippen LogP contribution in [-0.2, 0) is 13.1 Å². The molecule has 0 aliphatic carbocycles. The normalized spacial score (nSPS) is 12.8. The zero-order valence-corrected chi connectivity index (χ0v) is 14.7. The molecule has 0 saturated carbocycles. The van der Waals surface area contributed by atoms with Gasteiger partial charge in [0.05, 0.1) is 6.54 Å². The van der Waals surface area contributed by atoms with Crippen LogP contribution < -0.4 is 4.57 Å². The fourth-order valence-corrected chi connectivity index (χ4v) is 3.69. The van der Waals surface area contributed by atoms with Crippen molar-refractivity contribution >= 4 is 21.8 Å². The van der Waals surface area contributed by atoms with Gasteiger partial charge in [-0.05, 0) is 24.6 Å². The van der Waals surface area contributed by atoms with Gasteiger partial charge >= 0.3 is 0 Å². The molecule has 0 spiro atoms. The lowest BCUT2D eigenvalue weighted by Gasteiger charge is -2.12. The molecule has 0 radical (unpaired) electrons. The molecule has 0 aliphatic heterocycles. The van der Waals surface area contributed by atoms with Crippen molar-refractivity contribution in [3.05, 3.63) is 78.1 Å². The van der Waals surface area contributed by atoms with Crippen molar-refractivity contribution in [2.45, 2.75) is 33.0 Å². The number of rotatable bonds is 4. The van der Waals surface area contributed by atoms with E-state index in [0.717, 1.165) is 0 Å². The summed E-state index contributed by atoms with van der Waals surface area (Å²) in [4.78, 5) is 0. The van der Waals surface area contributed by atoms with E-state index in [2.05, 4.69) is 89.8 Å². The molecule has 0 bridgehead atoms. The van der Waals surface area contributed by atoms with Gasteiger partial charge in [0.1, 0.15) is 6.10 Å². The molecule has 0 aliphatic rings. The zero-order valence-electron chi connectivity index (χ0n) is 14.7. The van der Waals surface area contributed by atoms with E-state index in [-0.39, 0.29) is 0 Å². The molecule has 3 heteroatoms. The lowest BCUT2D eigenvalue weighted by Crippen LogP contribution is -2.43. The summed E-state index contributed by atoms with van der Waals surface area (Å²) in [5.41, 5.74) is 4.76. The molecule has 1 unspecified atom stereocenters. The van der Waals surface area contributed by atoms with Gasteiger partial charge in [-0.25, -0.2) is 0 Å². The van der Waals surface area contributed by atoms with Crippen molar-refractivity contribution in [3.63, 3.8) is 0 Å². The number of aliphatic hydroxyl groups is 1. The second-order valence-electron chi connectivity index (χ2n) is 6.80. The van der Waals surface area contributed by atoms with E-state index in [4.69, 9.17) is 0 Å². The summed E-state index contributed by atoms with van der Waals surface area (Å²) in [6, 6.07) is 21.1. The molecular weight excluding hydrogens is 308 g/mol. The number of pyridine rings is 1. The Morgan fingerprint density at radius 1 is 0.920 bits per heavy atom. The maximum absolute atomic E-state index is 10.7. The van der Waals surface area contributed by atoms with Crippen LogP contribution in [0.1, 0.15) is 11.3 Å². The monoisotopic (exact) mass is 331 g/mol. The van der Waals surface area contributed by atoms with Crippen LogP contribution in [0.3, 0.4) is 0 Å². The highest BCUT2D eigenvalue weighted by atomic mass is 16.3. The van der Waals surface area contributed by atoms with Crippen molar-refractivity contribution in [3.8, 4) is 0 Å². The Morgan fingerprint density at radius 2 is 1.52 bits per heavy atom. The first-order valence-corrected chi connectivity index (χ1v) is 8.74. The highest BCUT2D eigenvalue weighted by Crippen LogP contribution is 2.28. The van der Waals surface area contributed by atoms with Crippen LogP contribution in [0.15, 0.2) is 66.9 Å². The summed E-state index contributed by atoms with van der Waals surface area (Å²) in [7, 11) is 0. The number of aromatic nitrogens is 2. The molecule has 0 saturated heterocycles. The Labute approximate surface area is 147 Å². The summed E-state index contributed by atoms with van der Waals surface area (Å²) < 4.78 is 4.35. The van der Waals surface area contributed by atoms with Crippen LogP contribution in [0, 0.1) is 13.8 Å². The smallest absolute Gasteiger partial charge is 0.178 e. The summed E-state index contributed by atoms with van der Waals surface area (Å²) in [5, 5.41) is 13.2. The van der Waals surface area contributed by atoms with Crippen molar-refractivity contribution < 1.29 is 9.67 Å². The van der Waals surface area contributed by atoms with E-state index in [9.17, 15) is 5.11 Å². The molecule has 3 nitrogen and oxygen atoms in total. The zero-order chi connectivity index (χ0) is 17.4. The SMILES string of the molecule is Cc1cc[n+](CC(O)Cn2c3ccccc3c3ccccc32)c(C)c1. The molecule has 1 atom stereocenters. The minimum absolute atomic E-state index is 0.453. The van der Waals surface area contributed by atoms with Crippen LogP contribution in [0.4, 0.5) is 0 Å². The van der Waals surface area contributed by atoms with Crippen LogP contribution in [0.5, 0.6) is 0 Å². The Morgan fingerprint density at radius 3 is 2.12 bits per heavy atom. The number of para-hydroxylation sites is 2. The van der Waals surface area contributed by atoms with Crippen molar-refractivity contribution in [2.24, 2.45) is 0 Å². The maximum Gasteiger partial charge on any atom is 0.178 e. The van der Waals surface area contributed by atoms with Gasteiger partial charge in [-0.2, -0.15) is 4.57 Å². The molecule has 4 rings (SSSR count). The molecule has 1 N–H and O–H groups in total. The predicted octanol–water partition coefficient (Wildman–Crippen LogP) is 3.76. The lowest BCUT2D eigenvalue weighted by molar-refractivity contribution is -0.709. The van der Waals surface area contributed by atoms with Crippen LogP contribution >= 0.6 is 0 Å². The highest BCUT2D eigenvalue weighted by Gasteiger charge is 2.17. The van der Waals surface area contributed by atoms with Gasteiger partial charge in [-0.3, -0.25) is 0 Å². The van der Waals surface area contributed by atoms with Crippen LogP contribution in [-0.4, -0.2) is 15.8 Å². The standard InChI is InChI=1S/C22H23N2O/c1-16-11-12-23(17(2)13-16)14-18(25)15-24-21-9-5-3-7-19(21)20-8-4-6-10-22(20)24/h3-13,18,25H,14-15H2,1-2H3/q+1. The predicted molar refractivity (Wildman–Crippen MR) is 102 cm³/mol. The second-order valence-corrected chi connectivity index (χ2v) is 6.80. The molecule has 2 aromatic heterocycles. The lowest BCUT2D eigenvalue weighted by atomic mass is 10.2. The third-order valence-electron chi connectivity index (χ3n) is 4.89. The number of benzene rings is 2. The van der Waals surface area contributed by atoms with Gasteiger partial charge in [0.15, 0.2) is 18.4 Å². The van der Waals surface area contributed by atoms with Gasteiger partial charge in [0.25, 0.3) is 0 Å². The van der Waals surface area contributed by atoms with Gasteiger partial charge in [-0.15, -0.1) is 0 Å². The minimum atomic E-state index is -0.453. The van der Waals surface area contributed by atoms with E-state index < -0.39 is 6.10 Å². The number of aryl methyl sites for hydroxylation is 2. The van der Waals surface area contributed by atoms with Gasteiger partial charge in [0, 0.05) is 40.9 Å². The first-order chi connectivity index (χ1) is 12.1. The minimum Gasteiger partial charge on any atom is -0.385 e. The summed E-state index contributed by atoms with van der Waals surface area (Å²) in [6.07, 6.45) is 1.60. The van der Waals surface area contributed by atoms with Crippen LogP contribution in [0.2, 0.25) is 0 Å². The Bertz CT molecular complexity index is 995. The molecule has 2 heterocycles. The number of aliphatic hydroxyl groups excluding tert-OH is 1. The van der Waals surface area contributed by atoms with E-state index in [1.807, 2.05) is 0 Å². The molecule has 126 valence electrons. The highest BCUT2D eigenvalue weighted by molar-refractivity contribution is 6.07. The summed E-state index contributed by atoms with van der Waals surface area (Å²) in [6.45, 7) is 5.34. The van der Waals surface area contributed by atoms with Gasteiger partial charge in [-0.1, -0.05) is 36.4 Å². The van der Waals surface area contributed by atoms with E-state index >= 15 is 0 Å². The number of hydrogen-bond donors (Lipinski definition) is 1. The Balaban J connectivity index is 1.69. The second kappa shape index (κ2) is 6.34. The average molecular weight is 331 g/mol. The number of hydrogen-bond acceptors (Lipinski definition) is 1. The van der Waals surface area contributed by atoms with Crippen molar-refractivity contribution in [1.82, 2.24) is 4.57 Å². The van der Waals surface area contributed by atoms with Crippen molar-refractivity contribution in [1.29, 1.82) is 0 Å². The molecular formula is C22H23N2O+. The number of fused-ring (bicyclic) bond motifs is 3. The maximum atomic E-state index is 10.7. The third kappa shape index (κ3) is 2.92. The third-order valence-corrected chi connectivity index (χ3v) is 4.89. The van der Waals surface area contributed by atoms with Crippen molar-refractivity contribution in [2.75, 3.05) is 0 Å². The van der Waals surface area contributed by atoms with E-state index in [0.29, 0.717) is 13.1 Å². The first-order valence-electron chi connectivity index (χ1n) is 8.74. The molecule has 0 fully saturated rings. The fourth-order valence-electron chi connectivity index (χ4n) is 3.69. The quantitative estimate of drug-likeness (QED) is 0.567. The fraction of sp³-hybridized carbons (Fsp3) is 0.227. The summed E-state index contributed by atoms with van der Waals surface area (Å²) >= 11 is 0. The van der Waals surface area contributed by atoms with E-state index in [1.165, 1.54) is 33.1 Å². The summed E-state index contributed by atoms with van der Waals surface area (Å²) in [5.74, 6) is 0. The Hall–Kier alpha value is -2.65. The molecule has 2 aromatic carbocycles. The number of nitrogens with zero attached hydrogens (tertiary/aromatic N) is 2. The Kier molecular flexibility index (Phi) is 4.02. The topological polar surface area (TPSA) is 29.0 Å². The first kappa shape index (κ1) is 15.9. The molecule has 25 heavy (non-hydrogen) atoms.